The van der Waals surface area contributed by atoms with Gasteiger partial charge in [0.05, 0.1) is 36.1 Å². The lowest BCUT2D eigenvalue weighted by molar-refractivity contribution is 0.181. The van der Waals surface area contributed by atoms with E-state index in [0.29, 0.717) is 18.2 Å². The van der Waals surface area contributed by atoms with Crippen molar-refractivity contribution in [2.24, 2.45) is 0 Å². The minimum Gasteiger partial charge on any atom is -0.383 e. The molecule has 0 aliphatic rings. The highest BCUT2D eigenvalue weighted by Crippen LogP contribution is 2.26. The molecule has 1 unspecified atom stereocenters. The van der Waals surface area contributed by atoms with Gasteiger partial charge in [-0.3, -0.25) is 4.68 Å². The van der Waals surface area contributed by atoms with Gasteiger partial charge < -0.3 is 10.1 Å². The van der Waals surface area contributed by atoms with E-state index in [1.807, 2.05) is 36.0 Å². The van der Waals surface area contributed by atoms with Crippen molar-refractivity contribution in [2.75, 3.05) is 20.8 Å². The zero-order valence-electron chi connectivity index (χ0n) is 12.1. The Kier molecular flexibility index (Phi) is 6.06. The van der Waals surface area contributed by atoms with E-state index in [-0.39, 0.29) is 6.04 Å². The summed E-state index contributed by atoms with van der Waals surface area (Å²) in [5, 5.41) is 9.03. The van der Waals surface area contributed by atoms with Gasteiger partial charge in [0.15, 0.2) is 0 Å². The van der Waals surface area contributed by atoms with Crippen LogP contribution in [0.2, 0.25) is 10.0 Å². The van der Waals surface area contributed by atoms with E-state index in [2.05, 4.69) is 10.4 Å². The van der Waals surface area contributed by atoms with Crippen LogP contribution in [-0.2, 0) is 17.7 Å². The first kappa shape index (κ1) is 16.3. The number of ether oxygens (including phenoxy) is 1. The minimum absolute atomic E-state index is 0.0815. The Morgan fingerprint density at radius 1 is 1.29 bits per heavy atom. The summed E-state index contributed by atoms with van der Waals surface area (Å²) in [4.78, 5) is 0. The first-order valence-corrected chi connectivity index (χ1v) is 7.53. The van der Waals surface area contributed by atoms with Gasteiger partial charge in [-0.1, -0.05) is 35.3 Å². The lowest BCUT2D eigenvalue weighted by Gasteiger charge is -2.19. The van der Waals surface area contributed by atoms with E-state index >= 15 is 0 Å². The average Bonchev–Trinajstić information content (AvgIpc) is 2.85. The Morgan fingerprint density at radius 2 is 2.00 bits per heavy atom. The monoisotopic (exact) mass is 327 g/mol. The highest BCUT2D eigenvalue weighted by molar-refractivity contribution is 6.31. The van der Waals surface area contributed by atoms with E-state index in [1.165, 1.54) is 5.56 Å². The SMILES string of the molecule is CNC(Cc1ccc(Cl)cc1)c1c(Cl)cnn1CCOC. The van der Waals surface area contributed by atoms with Crippen LogP contribution < -0.4 is 5.32 Å². The normalized spacial score (nSPS) is 12.6. The number of rotatable bonds is 7. The van der Waals surface area contributed by atoms with Crippen molar-refractivity contribution in [3.8, 4) is 0 Å². The Balaban J connectivity index is 2.20. The average molecular weight is 328 g/mol. The second-order valence-electron chi connectivity index (χ2n) is 4.77. The fraction of sp³-hybridized carbons (Fsp3) is 0.400. The predicted molar refractivity (Wildman–Crippen MR) is 86.1 cm³/mol. The predicted octanol–water partition coefficient (Wildman–Crippen LogP) is 3.34. The van der Waals surface area contributed by atoms with Crippen LogP contribution in [0.3, 0.4) is 0 Å². The first-order chi connectivity index (χ1) is 10.2. The summed E-state index contributed by atoms with van der Waals surface area (Å²) in [6, 6.07) is 7.92. The molecule has 0 aliphatic heterocycles. The van der Waals surface area contributed by atoms with Crippen LogP contribution in [0.5, 0.6) is 0 Å². The molecule has 1 aromatic carbocycles. The zero-order valence-corrected chi connectivity index (χ0v) is 13.7. The largest absolute Gasteiger partial charge is 0.383 e. The highest BCUT2D eigenvalue weighted by atomic mass is 35.5. The number of halogens is 2. The molecule has 0 spiro atoms. The number of nitrogens with zero attached hydrogens (tertiary/aromatic N) is 2. The molecule has 1 N–H and O–H groups in total. The van der Waals surface area contributed by atoms with Crippen molar-refractivity contribution >= 4 is 23.2 Å². The molecule has 114 valence electrons. The van der Waals surface area contributed by atoms with Crippen molar-refractivity contribution in [1.82, 2.24) is 15.1 Å². The molecule has 0 radical (unpaired) electrons. The molecule has 4 nitrogen and oxygen atoms in total. The standard InChI is InChI=1S/C15H19Cl2N3O/c1-18-14(9-11-3-5-12(16)6-4-11)15-13(17)10-19-20(15)7-8-21-2/h3-6,10,14,18H,7-9H2,1-2H3. The van der Waals surface area contributed by atoms with Crippen LogP contribution in [0, 0.1) is 0 Å². The number of hydrogen-bond donors (Lipinski definition) is 1. The Bertz CT molecular complexity index is 569. The van der Waals surface area contributed by atoms with Crippen molar-refractivity contribution in [3.05, 3.63) is 51.8 Å². The number of nitrogens with one attached hydrogen (secondary N) is 1. The summed E-state index contributed by atoms with van der Waals surface area (Å²) in [6.07, 6.45) is 2.49. The number of hydrogen-bond acceptors (Lipinski definition) is 3. The fourth-order valence-corrected chi connectivity index (χ4v) is 2.66. The summed E-state index contributed by atoms with van der Waals surface area (Å²) in [5.41, 5.74) is 2.17. The van der Waals surface area contributed by atoms with E-state index in [9.17, 15) is 0 Å². The number of aromatic nitrogens is 2. The maximum atomic E-state index is 6.30. The lowest BCUT2D eigenvalue weighted by Crippen LogP contribution is -2.23. The van der Waals surface area contributed by atoms with Gasteiger partial charge in [-0.2, -0.15) is 5.10 Å². The second kappa shape index (κ2) is 7.80. The van der Waals surface area contributed by atoms with Crippen LogP contribution in [0.15, 0.2) is 30.5 Å². The van der Waals surface area contributed by atoms with Gasteiger partial charge in [-0.15, -0.1) is 0 Å². The molecular formula is C15H19Cl2N3O. The third-order valence-corrected chi connectivity index (χ3v) is 3.92. The quantitative estimate of drug-likeness (QED) is 0.847. The van der Waals surface area contributed by atoms with Crippen LogP contribution >= 0.6 is 23.2 Å². The van der Waals surface area contributed by atoms with Gasteiger partial charge in [-0.25, -0.2) is 0 Å². The second-order valence-corrected chi connectivity index (χ2v) is 5.61. The van der Waals surface area contributed by atoms with Crippen molar-refractivity contribution < 1.29 is 4.74 Å². The van der Waals surface area contributed by atoms with Gasteiger partial charge >= 0.3 is 0 Å². The van der Waals surface area contributed by atoms with Gasteiger partial charge in [0.1, 0.15) is 0 Å². The van der Waals surface area contributed by atoms with Crippen molar-refractivity contribution in [1.29, 1.82) is 0 Å². The third-order valence-electron chi connectivity index (χ3n) is 3.37. The molecule has 0 aliphatic carbocycles. The smallest absolute Gasteiger partial charge is 0.0834 e. The molecule has 0 saturated heterocycles. The fourth-order valence-electron chi connectivity index (χ4n) is 2.27. The van der Waals surface area contributed by atoms with Crippen molar-refractivity contribution in [2.45, 2.75) is 19.0 Å². The summed E-state index contributed by atoms with van der Waals surface area (Å²) >= 11 is 12.2. The summed E-state index contributed by atoms with van der Waals surface area (Å²) in [6.45, 7) is 1.28. The summed E-state index contributed by atoms with van der Waals surface area (Å²) in [7, 11) is 3.60. The summed E-state index contributed by atoms with van der Waals surface area (Å²) < 4.78 is 7.01. The Morgan fingerprint density at radius 3 is 2.62 bits per heavy atom. The highest BCUT2D eigenvalue weighted by Gasteiger charge is 2.19. The minimum atomic E-state index is 0.0815. The van der Waals surface area contributed by atoms with E-state index in [1.54, 1.807) is 13.3 Å². The molecule has 1 aromatic heterocycles. The van der Waals surface area contributed by atoms with Gasteiger partial charge in [0.2, 0.25) is 0 Å². The maximum absolute atomic E-state index is 6.30. The van der Waals surface area contributed by atoms with Crippen LogP contribution in [0.4, 0.5) is 0 Å². The maximum Gasteiger partial charge on any atom is 0.0834 e. The third kappa shape index (κ3) is 4.20. The molecule has 1 heterocycles. The molecule has 1 atom stereocenters. The van der Waals surface area contributed by atoms with E-state index in [0.717, 1.165) is 17.1 Å². The van der Waals surface area contributed by atoms with Crippen LogP contribution in [0.25, 0.3) is 0 Å². The molecule has 2 aromatic rings. The molecule has 0 fully saturated rings. The first-order valence-electron chi connectivity index (χ1n) is 6.77. The molecule has 0 saturated carbocycles. The van der Waals surface area contributed by atoms with Crippen molar-refractivity contribution in [3.63, 3.8) is 0 Å². The molecule has 6 heteroatoms. The number of likely N-dealkylation sites (N-methyl/N-ethyl adjacent to an activating group) is 1. The van der Waals surface area contributed by atoms with Gasteiger partial charge in [0.25, 0.3) is 0 Å². The van der Waals surface area contributed by atoms with E-state index in [4.69, 9.17) is 27.9 Å². The lowest BCUT2D eigenvalue weighted by atomic mass is 10.0. The molecule has 0 bridgehead atoms. The van der Waals surface area contributed by atoms with Crippen LogP contribution in [-0.4, -0.2) is 30.5 Å². The zero-order chi connectivity index (χ0) is 15.2. The topological polar surface area (TPSA) is 39.1 Å². The van der Waals surface area contributed by atoms with Gasteiger partial charge in [0, 0.05) is 12.1 Å². The van der Waals surface area contributed by atoms with E-state index < -0.39 is 0 Å². The molecule has 0 amide bonds. The molecule has 2 rings (SSSR count). The number of methoxy groups -OCH3 is 1. The van der Waals surface area contributed by atoms with Crippen LogP contribution in [0.1, 0.15) is 17.3 Å². The Labute approximate surface area is 135 Å². The van der Waals surface area contributed by atoms with Gasteiger partial charge in [-0.05, 0) is 31.2 Å². The molecule has 21 heavy (non-hydrogen) atoms. The Hall–Kier alpha value is -1.07. The summed E-state index contributed by atoms with van der Waals surface area (Å²) in [5.74, 6) is 0. The molecular weight excluding hydrogens is 309 g/mol. The number of benzene rings is 1.